The van der Waals surface area contributed by atoms with Gasteiger partial charge >= 0.3 is 0 Å². The van der Waals surface area contributed by atoms with E-state index in [-0.39, 0.29) is 29.3 Å². The number of thiazole rings is 1. The largest absolute Gasteiger partial charge is 0.507 e. The van der Waals surface area contributed by atoms with Gasteiger partial charge in [-0.2, -0.15) is 0 Å². The zero-order valence-corrected chi connectivity index (χ0v) is 16.5. The average Bonchev–Trinajstić information content (AvgIpc) is 3.21. The van der Waals surface area contributed by atoms with Crippen LogP contribution in [-0.4, -0.2) is 73.6 Å². The molecular formula is C19H23NO8S. The molecular weight excluding hydrogens is 402 g/mol. The molecule has 0 aliphatic carbocycles. The minimum atomic E-state index is -1.58. The standard InChI is InChI=1S/C19H23NO8S/c1-2-9-3-11(12(22)4-10-7-29-8-20-10)13(23)5-14(9)27-19-18(26)17(25)16(24)15(6-21)28-19/h3,5,7-8,15-19,21,23-26H,2,4,6H2,1H3/t15-,16-,17+,18-,19-/m0/s1. The molecule has 1 aromatic carbocycles. The van der Waals surface area contributed by atoms with Crippen molar-refractivity contribution < 1.29 is 39.8 Å². The maximum atomic E-state index is 12.5. The molecule has 0 amide bonds. The van der Waals surface area contributed by atoms with Crippen LogP contribution in [0.1, 0.15) is 28.5 Å². The first-order chi connectivity index (χ1) is 13.8. The molecule has 9 nitrogen and oxygen atoms in total. The summed E-state index contributed by atoms with van der Waals surface area (Å²) in [6, 6.07) is 2.75. The number of ether oxygens (including phenoxy) is 2. The third-order valence-corrected chi connectivity index (χ3v) is 5.41. The minimum Gasteiger partial charge on any atom is -0.507 e. The van der Waals surface area contributed by atoms with Crippen LogP contribution in [0.3, 0.4) is 0 Å². The van der Waals surface area contributed by atoms with Crippen LogP contribution in [0.2, 0.25) is 0 Å². The van der Waals surface area contributed by atoms with Crippen LogP contribution < -0.4 is 4.74 Å². The highest BCUT2D eigenvalue weighted by Crippen LogP contribution is 2.32. The Bertz CT molecular complexity index is 841. The predicted molar refractivity (Wildman–Crippen MR) is 102 cm³/mol. The molecule has 10 heteroatoms. The van der Waals surface area contributed by atoms with Crippen molar-refractivity contribution in [2.45, 2.75) is 50.5 Å². The van der Waals surface area contributed by atoms with Gasteiger partial charge in [-0.05, 0) is 18.1 Å². The molecule has 1 aliphatic rings. The lowest BCUT2D eigenvalue weighted by molar-refractivity contribution is -0.277. The van der Waals surface area contributed by atoms with E-state index in [1.807, 2.05) is 6.92 Å². The number of rotatable bonds is 7. The van der Waals surface area contributed by atoms with Gasteiger partial charge in [-0.15, -0.1) is 11.3 Å². The molecule has 0 bridgehead atoms. The van der Waals surface area contributed by atoms with Crippen molar-refractivity contribution in [2.24, 2.45) is 0 Å². The number of carbonyl (C=O) groups excluding carboxylic acids is 1. The lowest BCUT2D eigenvalue weighted by Gasteiger charge is -2.39. The maximum absolute atomic E-state index is 12.5. The molecule has 1 fully saturated rings. The fourth-order valence-electron chi connectivity index (χ4n) is 3.10. The molecule has 2 aromatic rings. The van der Waals surface area contributed by atoms with Crippen molar-refractivity contribution in [3.8, 4) is 11.5 Å². The van der Waals surface area contributed by atoms with Crippen LogP contribution in [0.15, 0.2) is 23.0 Å². The summed E-state index contributed by atoms with van der Waals surface area (Å²) in [7, 11) is 0. The number of aliphatic hydroxyl groups excluding tert-OH is 4. The highest BCUT2D eigenvalue weighted by atomic mass is 32.1. The predicted octanol–water partition coefficient (Wildman–Crippen LogP) is 0.0152. The van der Waals surface area contributed by atoms with E-state index in [0.29, 0.717) is 17.7 Å². The number of nitrogens with zero attached hydrogens (tertiary/aromatic N) is 1. The van der Waals surface area contributed by atoms with E-state index in [0.717, 1.165) is 0 Å². The second-order valence-corrected chi connectivity index (χ2v) is 7.44. The molecule has 0 saturated carbocycles. The van der Waals surface area contributed by atoms with Crippen LogP contribution in [0.5, 0.6) is 11.5 Å². The van der Waals surface area contributed by atoms with Gasteiger partial charge in [0.15, 0.2) is 5.78 Å². The van der Waals surface area contributed by atoms with E-state index in [1.165, 1.54) is 23.5 Å². The number of aliphatic hydroxyl groups is 4. The molecule has 1 aromatic heterocycles. The summed E-state index contributed by atoms with van der Waals surface area (Å²) < 4.78 is 11.0. The zero-order valence-electron chi connectivity index (χ0n) is 15.6. The maximum Gasteiger partial charge on any atom is 0.229 e. The Morgan fingerprint density at radius 2 is 2.00 bits per heavy atom. The van der Waals surface area contributed by atoms with Crippen LogP contribution in [-0.2, 0) is 17.6 Å². The molecule has 2 heterocycles. The van der Waals surface area contributed by atoms with E-state index in [4.69, 9.17) is 9.47 Å². The molecule has 3 rings (SSSR count). The van der Waals surface area contributed by atoms with E-state index < -0.39 is 37.3 Å². The number of carbonyl (C=O) groups is 1. The fourth-order valence-corrected chi connectivity index (χ4v) is 3.66. The van der Waals surface area contributed by atoms with Crippen LogP contribution in [0, 0.1) is 0 Å². The van der Waals surface area contributed by atoms with Crippen molar-refractivity contribution in [3.05, 3.63) is 39.8 Å². The first-order valence-electron chi connectivity index (χ1n) is 9.09. The van der Waals surface area contributed by atoms with Crippen molar-refractivity contribution in [1.29, 1.82) is 0 Å². The number of hydrogen-bond donors (Lipinski definition) is 5. The Labute approximate surface area is 170 Å². The second-order valence-electron chi connectivity index (χ2n) is 6.73. The Morgan fingerprint density at radius 1 is 1.24 bits per heavy atom. The number of ketones is 1. The van der Waals surface area contributed by atoms with E-state index in [9.17, 15) is 30.3 Å². The molecule has 0 radical (unpaired) electrons. The van der Waals surface area contributed by atoms with Crippen LogP contribution in [0.25, 0.3) is 0 Å². The molecule has 0 spiro atoms. The SMILES string of the molecule is CCc1cc(C(=O)Cc2cscn2)c(O)cc1O[C@H]1O[C@@H](CO)[C@H](O)[C@@H](O)[C@@H]1O. The number of Topliss-reactive ketones (excluding diaryl/α,β-unsaturated/α-hetero) is 1. The molecule has 0 unspecified atom stereocenters. The highest BCUT2D eigenvalue weighted by Gasteiger charge is 2.44. The number of aromatic hydroxyl groups is 1. The van der Waals surface area contributed by atoms with Crippen molar-refractivity contribution in [1.82, 2.24) is 4.98 Å². The normalized spacial score (nSPS) is 27.0. The summed E-state index contributed by atoms with van der Waals surface area (Å²) in [5.74, 6) is -0.455. The van der Waals surface area contributed by atoms with Crippen molar-refractivity contribution in [3.63, 3.8) is 0 Å². The van der Waals surface area contributed by atoms with E-state index in [1.54, 1.807) is 10.9 Å². The summed E-state index contributed by atoms with van der Waals surface area (Å²) in [5, 5.41) is 51.3. The third kappa shape index (κ3) is 4.58. The van der Waals surface area contributed by atoms with Gasteiger partial charge in [0.2, 0.25) is 6.29 Å². The highest BCUT2D eigenvalue weighted by molar-refractivity contribution is 7.07. The molecule has 29 heavy (non-hydrogen) atoms. The Morgan fingerprint density at radius 3 is 2.62 bits per heavy atom. The van der Waals surface area contributed by atoms with E-state index >= 15 is 0 Å². The summed E-state index contributed by atoms with van der Waals surface area (Å²) in [6.07, 6.45) is -6.66. The number of phenols is 1. The van der Waals surface area contributed by atoms with Gasteiger partial charge < -0.3 is 35.0 Å². The number of benzene rings is 1. The summed E-state index contributed by atoms with van der Waals surface area (Å²) in [4.78, 5) is 16.6. The second kappa shape index (κ2) is 9.16. The minimum absolute atomic E-state index is 0.0487. The van der Waals surface area contributed by atoms with Gasteiger partial charge in [0.05, 0.1) is 29.8 Å². The third-order valence-electron chi connectivity index (χ3n) is 4.78. The number of phenolic OH excluding ortho intramolecular Hbond substituents is 1. The van der Waals surface area contributed by atoms with Gasteiger partial charge in [0.25, 0.3) is 0 Å². The summed E-state index contributed by atoms with van der Waals surface area (Å²) in [6.45, 7) is 1.24. The lowest BCUT2D eigenvalue weighted by Crippen LogP contribution is -2.60. The zero-order chi connectivity index (χ0) is 21.1. The lowest BCUT2D eigenvalue weighted by atomic mass is 9.99. The molecule has 1 saturated heterocycles. The molecule has 5 N–H and O–H groups in total. The van der Waals surface area contributed by atoms with Gasteiger partial charge in [-0.25, -0.2) is 4.98 Å². The van der Waals surface area contributed by atoms with Crippen LogP contribution >= 0.6 is 11.3 Å². The number of hydrogen-bond acceptors (Lipinski definition) is 10. The first kappa shape index (κ1) is 21.6. The summed E-state index contributed by atoms with van der Waals surface area (Å²) in [5.41, 5.74) is 2.92. The fraction of sp³-hybridized carbons (Fsp3) is 0.474. The van der Waals surface area contributed by atoms with E-state index in [2.05, 4.69) is 4.98 Å². The van der Waals surface area contributed by atoms with Gasteiger partial charge in [-0.3, -0.25) is 4.79 Å². The molecule has 1 aliphatic heterocycles. The van der Waals surface area contributed by atoms with Gasteiger partial charge in [0.1, 0.15) is 35.9 Å². The number of aromatic nitrogens is 1. The van der Waals surface area contributed by atoms with Crippen molar-refractivity contribution >= 4 is 17.1 Å². The molecule has 158 valence electrons. The first-order valence-corrected chi connectivity index (χ1v) is 10.0. The number of aryl methyl sites for hydroxylation is 1. The van der Waals surface area contributed by atoms with Gasteiger partial charge in [-0.1, -0.05) is 6.92 Å². The Hall–Kier alpha value is -2.08. The molecule has 5 atom stereocenters. The average molecular weight is 425 g/mol. The Balaban J connectivity index is 1.82. The topological polar surface area (TPSA) is 150 Å². The van der Waals surface area contributed by atoms with Crippen LogP contribution in [0.4, 0.5) is 0 Å². The summed E-state index contributed by atoms with van der Waals surface area (Å²) >= 11 is 1.37. The quantitative estimate of drug-likeness (QED) is 0.387. The monoisotopic (exact) mass is 425 g/mol. The smallest absolute Gasteiger partial charge is 0.229 e. The van der Waals surface area contributed by atoms with Crippen molar-refractivity contribution in [2.75, 3.05) is 6.61 Å². The Kier molecular flexibility index (Phi) is 6.83. The van der Waals surface area contributed by atoms with Gasteiger partial charge in [0, 0.05) is 11.4 Å².